The summed E-state index contributed by atoms with van der Waals surface area (Å²) in [7, 11) is 1.21. The van der Waals surface area contributed by atoms with Gasteiger partial charge in [0.15, 0.2) is 0 Å². The summed E-state index contributed by atoms with van der Waals surface area (Å²) in [6.45, 7) is -1.78. The van der Waals surface area contributed by atoms with E-state index in [0.29, 0.717) is 0 Å². The van der Waals surface area contributed by atoms with Crippen molar-refractivity contribution in [2.75, 3.05) is 20.2 Å². The van der Waals surface area contributed by atoms with Crippen LogP contribution in [-0.2, 0) is 9.53 Å². The molecule has 0 aromatic heterocycles. The van der Waals surface area contributed by atoms with E-state index < -0.39 is 43.4 Å². The van der Waals surface area contributed by atoms with E-state index in [9.17, 15) is 27.2 Å². The van der Waals surface area contributed by atoms with Crippen LogP contribution < -0.4 is 10.6 Å². The molecule has 0 bridgehead atoms. The highest BCUT2D eigenvalue weighted by atomic mass is 19.3. The van der Waals surface area contributed by atoms with Crippen molar-refractivity contribution in [3.05, 3.63) is 0 Å². The molecule has 0 aromatic rings. The summed E-state index contributed by atoms with van der Waals surface area (Å²) < 4.78 is 53.1. The third-order valence-electron chi connectivity index (χ3n) is 2.03. The van der Waals surface area contributed by atoms with Gasteiger partial charge in [-0.25, -0.2) is 13.6 Å². The third-order valence-corrected chi connectivity index (χ3v) is 2.03. The van der Waals surface area contributed by atoms with Crippen LogP contribution in [0.2, 0.25) is 0 Å². The molecule has 6 nitrogen and oxygen atoms in total. The topological polar surface area (TPSA) is 87.7 Å². The van der Waals surface area contributed by atoms with Crippen molar-refractivity contribution < 1.29 is 37.0 Å². The minimum atomic E-state index is -4.32. The first-order chi connectivity index (χ1) is 8.69. The number of alkyl halides is 4. The molecule has 0 heterocycles. The molecule has 0 radical (unpaired) electrons. The number of carboxylic acid groups (broad SMARTS) is 1. The number of ether oxygens (including phenoxy) is 1. The first kappa shape index (κ1) is 17.4. The van der Waals surface area contributed by atoms with Crippen molar-refractivity contribution in [3.63, 3.8) is 0 Å². The first-order valence-electron chi connectivity index (χ1n) is 5.11. The van der Waals surface area contributed by atoms with Crippen LogP contribution in [0.25, 0.3) is 0 Å². The fourth-order valence-electron chi connectivity index (χ4n) is 0.978. The zero-order valence-corrected chi connectivity index (χ0v) is 9.96. The van der Waals surface area contributed by atoms with Gasteiger partial charge < -0.3 is 20.5 Å². The van der Waals surface area contributed by atoms with Gasteiger partial charge in [0.25, 0.3) is 0 Å². The Hall–Kier alpha value is -1.58. The molecule has 1 unspecified atom stereocenters. The van der Waals surface area contributed by atoms with Crippen molar-refractivity contribution in [3.8, 4) is 0 Å². The van der Waals surface area contributed by atoms with E-state index in [4.69, 9.17) is 9.84 Å². The number of rotatable bonds is 8. The van der Waals surface area contributed by atoms with Crippen LogP contribution in [0.15, 0.2) is 0 Å². The fourth-order valence-corrected chi connectivity index (χ4v) is 0.978. The third kappa shape index (κ3) is 7.44. The Morgan fingerprint density at radius 2 is 1.89 bits per heavy atom. The molecule has 2 amide bonds. The van der Waals surface area contributed by atoms with Gasteiger partial charge in [-0.15, -0.1) is 0 Å². The van der Waals surface area contributed by atoms with Crippen LogP contribution in [0.5, 0.6) is 0 Å². The summed E-state index contributed by atoms with van der Waals surface area (Å²) in [5.41, 5.74) is 0. The largest absolute Gasteiger partial charge is 0.481 e. The molecular formula is C9H14F4N2O4. The van der Waals surface area contributed by atoms with Crippen LogP contribution >= 0.6 is 0 Å². The number of methoxy groups -OCH3 is 1. The number of carboxylic acids is 1. The van der Waals surface area contributed by atoms with E-state index in [1.165, 1.54) is 7.11 Å². The summed E-state index contributed by atoms with van der Waals surface area (Å²) in [6.07, 6.45) is -5.13. The zero-order chi connectivity index (χ0) is 15.1. The smallest absolute Gasteiger partial charge is 0.324 e. The van der Waals surface area contributed by atoms with Crippen LogP contribution in [0.4, 0.5) is 22.4 Å². The normalized spacial score (nSPS) is 13.2. The predicted octanol–water partition coefficient (Wildman–Crippen LogP) is 0.676. The summed E-state index contributed by atoms with van der Waals surface area (Å²) in [4.78, 5) is 21.4. The lowest BCUT2D eigenvalue weighted by Crippen LogP contribution is -2.47. The van der Waals surface area contributed by atoms with Crippen LogP contribution in [-0.4, -0.2) is 55.8 Å². The molecule has 0 aliphatic rings. The number of carbonyl (C=O) groups is 2. The Bertz CT molecular complexity index is 315. The molecule has 0 saturated heterocycles. The first-order valence-corrected chi connectivity index (χ1v) is 5.11. The lowest BCUT2D eigenvalue weighted by atomic mass is 10.2. The van der Waals surface area contributed by atoms with Crippen LogP contribution in [0.3, 0.4) is 0 Å². The van der Waals surface area contributed by atoms with Gasteiger partial charge in [-0.3, -0.25) is 4.79 Å². The number of amides is 2. The van der Waals surface area contributed by atoms with Gasteiger partial charge in [0.2, 0.25) is 0 Å². The highest BCUT2D eigenvalue weighted by Gasteiger charge is 2.40. The van der Waals surface area contributed by atoms with Gasteiger partial charge in [0, 0.05) is 13.7 Å². The Kier molecular flexibility index (Phi) is 7.12. The maximum Gasteiger partial charge on any atom is 0.324 e. The maximum absolute atomic E-state index is 12.4. The second-order valence-electron chi connectivity index (χ2n) is 3.58. The molecule has 0 aliphatic heterocycles. The molecular weight excluding hydrogens is 276 g/mol. The Morgan fingerprint density at radius 1 is 1.32 bits per heavy atom. The fraction of sp³-hybridized carbons (Fsp3) is 0.778. The van der Waals surface area contributed by atoms with Gasteiger partial charge in [-0.2, -0.15) is 8.78 Å². The van der Waals surface area contributed by atoms with Gasteiger partial charge in [-0.05, 0) is 0 Å². The van der Waals surface area contributed by atoms with Gasteiger partial charge >= 0.3 is 24.3 Å². The molecule has 112 valence electrons. The zero-order valence-electron chi connectivity index (χ0n) is 9.96. The summed E-state index contributed by atoms with van der Waals surface area (Å²) in [5, 5.41) is 12.0. The molecule has 3 N–H and O–H groups in total. The number of hydrogen-bond acceptors (Lipinski definition) is 3. The number of aliphatic carboxylic acids is 1. The molecule has 0 spiro atoms. The number of halogens is 4. The van der Waals surface area contributed by atoms with Crippen molar-refractivity contribution in [2.45, 2.75) is 24.9 Å². The Labute approximate surface area is 106 Å². The second-order valence-corrected chi connectivity index (χ2v) is 3.58. The second kappa shape index (κ2) is 7.77. The lowest BCUT2D eigenvalue weighted by molar-refractivity contribution is -0.139. The average Bonchev–Trinajstić information content (AvgIpc) is 2.31. The highest BCUT2D eigenvalue weighted by Crippen LogP contribution is 2.21. The number of hydrogen-bond donors (Lipinski definition) is 3. The lowest BCUT2D eigenvalue weighted by Gasteiger charge is -2.17. The quantitative estimate of drug-likeness (QED) is 0.574. The van der Waals surface area contributed by atoms with Gasteiger partial charge in [0.1, 0.15) is 0 Å². The summed E-state index contributed by atoms with van der Waals surface area (Å²) in [5.74, 6) is -5.49. The van der Waals surface area contributed by atoms with E-state index in [0.717, 1.165) is 0 Å². The molecule has 0 aromatic carbocycles. The van der Waals surface area contributed by atoms with E-state index in [2.05, 4.69) is 0 Å². The highest BCUT2D eigenvalue weighted by molar-refractivity contribution is 5.74. The number of carbonyl (C=O) groups excluding carboxylic acids is 1. The van der Waals surface area contributed by atoms with Crippen molar-refractivity contribution in [1.82, 2.24) is 10.6 Å². The van der Waals surface area contributed by atoms with Crippen molar-refractivity contribution >= 4 is 12.0 Å². The summed E-state index contributed by atoms with van der Waals surface area (Å²) >= 11 is 0. The van der Waals surface area contributed by atoms with Crippen LogP contribution in [0.1, 0.15) is 6.42 Å². The SMILES string of the molecule is COC(CNC(=O)NCC(F)(F)C(F)F)CC(=O)O. The van der Waals surface area contributed by atoms with Crippen molar-refractivity contribution in [2.24, 2.45) is 0 Å². The maximum atomic E-state index is 12.4. The minimum absolute atomic E-state index is 0.255. The Balaban J connectivity index is 4.02. The molecule has 0 rings (SSSR count). The van der Waals surface area contributed by atoms with E-state index in [-0.39, 0.29) is 6.54 Å². The molecule has 1 atom stereocenters. The molecule has 0 saturated carbocycles. The standard InChI is InChI=1S/C9H14F4N2O4/c1-19-5(2-6(16)17)3-14-8(18)15-4-9(12,13)7(10)11/h5,7H,2-4H2,1H3,(H,16,17)(H2,14,15,18). The van der Waals surface area contributed by atoms with Gasteiger partial charge in [0.05, 0.1) is 19.1 Å². The minimum Gasteiger partial charge on any atom is -0.481 e. The van der Waals surface area contributed by atoms with E-state index in [1.807, 2.05) is 5.32 Å². The number of nitrogens with one attached hydrogen (secondary N) is 2. The number of urea groups is 1. The van der Waals surface area contributed by atoms with Gasteiger partial charge in [-0.1, -0.05) is 0 Å². The molecule has 19 heavy (non-hydrogen) atoms. The van der Waals surface area contributed by atoms with E-state index in [1.54, 1.807) is 5.32 Å². The van der Waals surface area contributed by atoms with Crippen molar-refractivity contribution in [1.29, 1.82) is 0 Å². The average molecular weight is 290 g/mol. The predicted molar refractivity (Wildman–Crippen MR) is 55.4 cm³/mol. The molecule has 10 heteroatoms. The van der Waals surface area contributed by atoms with Crippen LogP contribution in [0, 0.1) is 0 Å². The molecule has 0 aliphatic carbocycles. The Morgan fingerprint density at radius 3 is 2.32 bits per heavy atom. The molecule has 0 fully saturated rings. The van der Waals surface area contributed by atoms with E-state index >= 15 is 0 Å². The monoisotopic (exact) mass is 290 g/mol. The summed E-state index contributed by atoms with van der Waals surface area (Å²) in [6, 6.07) is -1.12.